The molecule has 1 aliphatic carbocycles. The average Bonchev–Trinajstić information content (AvgIpc) is 2.17. The van der Waals surface area contributed by atoms with Gasteiger partial charge in [0.15, 0.2) is 0 Å². The average molecular weight is 210 g/mol. The summed E-state index contributed by atoms with van der Waals surface area (Å²) in [7, 11) is 0. The monoisotopic (exact) mass is 209 g/mol. The quantitative estimate of drug-likeness (QED) is 0.758. The Bertz CT molecular complexity index is 376. The summed E-state index contributed by atoms with van der Waals surface area (Å²) in [4.78, 5) is 11.2. The molecule has 0 spiro atoms. The van der Waals surface area contributed by atoms with Crippen LogP contribution in [-0.4, -0.2) is 5.91 Å². The van der Waals surface area contributed by atoms with E-state index < -0.39 is 0 Å². The molecule has 74 valence electrons. The van der Waals surface area contributed by atoms with Gasteiger partial charge < -0.3 is 5.73 Å². The van der Waals surface area contributed by atoms with Crippen LogP contribution >= 0.6 is 11.6 Å². The Balaban J connectivity index is 2.52. The van der Waals surface area contributed by atoms with Crippen LogP contribution in [0.1, 0.15) is 29.9 Å². The summed E-state index contributed by atoms with van der Waals surface area (Å²) in [6.45, 7) is 0. The zero-order chi connectivity index (χ0) is 10.1. The lowest BCUT2D eigenvalue weighted by Crippen LogP contribution is -2.25. The zero-order valence-electron chi connectivity index (χ0n) is 7.79. The van der Waals surface area contributed by atoms with Crippen molar-refractivity contribution in [2.75, 3.05) is 0 Å². The number of hydrogen-bond donors (Lipinski definition) is 1. The van der Waals surface area contributed by atoms with Gasteiger partial charge in [0.05, 0.1) is 5.92 Å². The highest BCUT2D eigenvalue weighted by molar-refractivity contribution is 6.31. The highest BCUT2D eigenvalue weighted by atomic mass is 35.5. The van der Waals surface area contributed by atoms with Crippen LogP contribution in [0.15, 0.2) is 18.2 Å². The molecule has 3 heteroatoms. The second-order valence-electron chi connectivity index (χ2n) is 3.66. The predicted octanol–water partition coefficient (Wildman–Crippen LogP) is 2.25. The van der Waals surface area contributed by atoms with Gasteiger partial charge in [-0.25, -0.2) is 0 Å². The fraction of sp³-hybridized carbons (Fsp3) is 0.364. The second kappa shape index (κ2) is 3.62. The van der Waals surface area contributed by atoms with Crippen LogP contribution < -0.4 is 5.73 Å². The van der Waals surface area contributed by atoms with Crippen LogP contribution in [0.5, 0.6) is 0 Å². The van der Waals surface area contributed by atoms with E-state index in [0.29, 0.717) is 5.02 Å². The lowest BCUT2D eigenvalue weighted by Gasteiger charge is -2.23. The van der Waals surface area contributed by atoms with Gasteiger partial charge in [0.1, 0.15) is 0 Å². The van der Waals surface area contributed by atoms with Crippen molar-refractivity contribution in [2.45, 2.75) is 25.2 Å². The Kier molecular flexibility index (Phi) is 2.46. The summed E-state index contributed by atoms with van der Waals surface area (Å²) in [5, 5.41) is 0.672. The number of hydrogen-bond acceptors (Lipinski definition) is 1. The largest absolute Gasteiger partial charge is 0.369 e. The third-order valence-electron chi connectivity index (χ3n) is 2.77. The molecular formula is C11H12ClNO. The number of carbonyl (C=O) groups is 1. The molecule has 0 saturated carbocycles. The van der Waals surface area contributed by atoms with E-state index in [4.69, 9.17) is 17.3 Å². The summed E-state index contributed by atoms with van der Waals surface area (Å²) in [5.41, 5.74) is 7.48. The Labute approximate surface area is 88.1 Å². The van der Waals surface area contributed by atoms with Crippen molar-refractivity contribution in [3.05, 3.63) is 34.3 Å². The van der Waals surface area contributed by atoms with Gasteiger partial charge in [0.2, 0.25) is 5.91 Å². The van der Waals surface area contributed by atoms with E-state index in [9.17, 15) is 4.79 Å². The molecule has 1 aromatic rings. The molecule has 0 saturated heterocycles. The number of amides is 1. The van der Waals surface area contributed by atoms with Gasteiger partial charge in [-0.05, 0) is 36.5 Å². The number of halogens is 1. The summed E-state index contributed by atoms with van der Waals surface area (Å²) >= 11 is 6.07. The molecule has 0 aliphatic heterocycles. The maximum Gasteiger partial charge on any atom is 0.225 e. The molecule has 1 aromatic carbocycles. The van der Waals surface area contributed by atoms with Gasteiger partial charge in [-0.3, -0.25) is 4.79 Å². The van der Waals surface area contributed by atoms with Crippen LogP contribution in [0, 0.1) is 0 Å². The molecule has 2 rings (SSSR count). The minimum Gasteiger partial charge on any atom is -0.369 e. The minimum absolute atomic E-state index is 0.188. The van der Waals surface area contributed by atoms with Gasteiger partial charge in [-0.2, -0.15) is 0 Å². The fourth-order valence-electron chi connectivity index (χ4n) is 2.12. The van der Waals surface area contributed by atoms with Crippen molar-refractivity contribution < 1.29 is 4.79 Å². The van der Waals surface area contributed by atoms with E-state index in [1.807, 2.05) is 18.2 Å². The van der Waals surface area contributed by atoms with E-state index in [2.05, 4.69) is 0 Å². The molecule has 0 heterocycles. The van der Waals surface area contributed by atoms with E-state index in [1.54, 1.807) is 0 Å². The van der Waals surface area contributed by atoms with Crippen LogP contribution in [0.25, 0.3) is 0 Å². The molecule has 2 nitrogen and oxygen atoms in total. The van der Waals surface area contributed by atoms with Crippen LogP contribution in [0.3, 0.4) is 0 Å². The van der Waals surface area contributed by atoms with Crippen molar-refractivity contribution in [2.24, 2.45) is 5.73 Å². The third-order valence-corrected chi connectivity index (χ3v) is 3.10. The first-order valence-corrected chi connectivity index (χ1v) is 5.14. The normalized spacial score (nSPS) is 20.2. The van der Waals surface area contributed by atoms with Gasteiger partial charge >= 0.3 is 0 Å². The predicted molar refractivity (Wildman–Crippen MR) is 56.3 cm³/mol. The summed E-state index contributed by atoms with van der Waals surface area (Å²) < 4.78 is 0. The molecule has 1 aliphatic rings. The topological polar surface area (TPSA) is 43.1 Å². The van der Waals surface area contributed by atoms with Crippen molar-refractivity contribution in [1.29, 1.82) is 0 Å². The standard InChI is InChI=1S/C11H12ClNO/c12-9-6-2-4-7-3-1-5-8(10(7)9)11(13)14/h2,4,6,8H,1,3,5H2,(H2,13,14). The summed E-state index contributed by atoms with van der Waals surface area (Å²) in [6, 6.07) is 5.77. The number of fused-ring (bicyclic) bond motifs is 1. The molecule has 2 N–H and O–H groups in total. The molecule has 1 unspecified atom stereocenters. The van der Waals surface area contributed by atoms with Crippen LogP contribution in [0.2, 0.25) is 5.02 Å². The maximum atomic E-state index is 11.2. The summed E-state index contributed by atoms with van der Waals surface area (Å²) in [6.07, 6.45) is 2.84. The molecule has 0 aromatic heterocycles. The highest BCUT2D eigenvalue weighted by Crippen LogP contribution is 2.36. The SMILES string of the molecule is NC(=O)C1CCCc2cccc(Cl)c21. The van der Waals surface area contributed by atoms with Crippen molar-refractivity contribution in [1.82, 2.24) is 0 Å². The third kappa shape index (κ3) is 1.50. The lowest BCUT2D eigenvalue weighted by molar-refractivity contribution is -0.119. The first kappa shape index (κ1) is 9.53. The molecule has 0 fully saturated rings. The number of rotatable bonds is 1. The van der Waals surface area contributed by atoms with Gasteiger partial charge in [-0.1, -0.05) is 23.7 Å². The summed E-state index contributed by atoms with van der Waals surface area (Å²) in [5.74, 6) is -0.452. The molecule has 1 amide bonds. The van der Waals surface area contributed by atoms with Crippen molar-refractivity contribution in [3.63, 3.8) is 0 Å². The van der Waals surface area contributed by atoms with E-state index in [1.165, 1.54) is 5.56 Å². The Morgan fingerprint density at radius 2 is 2.29 bits per heavy atom. The van der Waals surface area contributed by atoms with E-state index >= 15 is 0 Å². The molecule has 1 atom stereocenters. The van der Waals surface area contributed by atoms with Crippen molar-refractivity contribution >= 4 is 17.5 Å². The first-order valence-electron chi connectivity index (χ1n) is 4.76. The first-order chi connectivity index (χ1) is 6.70. The Morgan fingerprint density at radius 3 is 3.00 bits per heavy atom. The number of aryl methyl sites for hydroxylation is 1. The fourth-order valence-corrected chi connectivity index (χ4v) is 2.44. The van der Waals surface area contributed by atoms with Crippen LogP contribution in [0.4, 0.5) is 0 Å². The van der Waals surface area contributed by atoms with Gasteiger partial charge in [-0.15, -0.1) is 0 Å². The molecule has 14 heavy (non-hydrogen) atoms. The molecule has 0 radical (unpaired) electrons. The number of carbonyl (C=O) groups excluding carboxylic acids is 1. The zero-order valence-corrected chi connectivity index (χ0v) is 8.55. The highest BCUT2D eigenvalue weighted by Gasteiger charge is 2.26. The number of benzene rings is 1. The number of nitrogens with two attached hydrogens (primary N) is 1. The van der Waals surface area contributed by atoms with E-state index in [0.717, 1.165) is 24.8 Å². The lowest BCUT2D eigenvalue weighted by atomic mass is 9.82. The maximum absolute atomic E-state index is 11.2. The molecular weight excluding hydrogens is 198 g/mol. The number of primary amides is 1. The molecule has 0 bridgehead atoms. The van der Waals surface area contributed by atoms with Crippen LogP contribution in [-0.2, 0) is 11.2 Å². The minimum atomic E-state index is -0.265. The van der Waals surface area contributed by atoms with E-state index in [-0.39, 0.29) is 11.8 Å². The smallest absolute Gasteiger partial charge is 0.225 e. The van der Waals surface area contributed by atoms with Gasteiger partial charge in [0, 0.05) is 5.02 Å². The second-order valence-corrected chi connectivity index (χ2v) is 4.07. The van der Waals surface area contributed by atoms with Crippen molar-refractivity contribution in [3.8, 4) is 0 Å². The Hall–Kier alpha value is -1.02. The Morgan fingerprint density at radius 1 is 1.50 bits per heavy atom. The van der Waals surface area contributed by atoms with Gasteiger partial charge in [0.25, 0.3) is 0 Å².